The molecule has 2 heterocycles. The number of imidazole rings is 1. The SMILES string of the molecule is COc1ccccc1-c1nc2cc(C)ccn2c1CN(C)C. The molecule has 0 unspecified atom stereocenters. The minimum Gasteiger partial charge on any atom is -0.496 e. The largest absolute Gasteiger partial charge is 0.496 e. The highest BCUT2D eigenvalue weighted by Gasteiger charge is 2.17. The predicted molar refractivity (Wildman–Crippen MR) is 89.3 cm³/mol. The van der Waals surface area contributed by atoms with Crippen molar-refractivity contribution >= 4 is 5.65 Å². The molecule has 0 bridgehead atoms. The van der Waals surface area contributed by atoms with Gasteiger partial charge in [0.1, 0.15) is 11.4 Å². The molecule has 4 heteroatoms. The molecule has 4 nitrogen and oxygen atoms in total. The second kappa shape index (κ2) is 5.81. The number of rotatable bonds is 4. The van der Waals surface area contributed by atoms with Gasteiger partial charge in [-0.3, -0.25) is 0 Å². The van der Waals surface area contributed by atoms with Crippen molar-refractivity contribution in [3.63, 3.8) is 0 Å². The van der Waals surface area contributed by atoms with Gasteiger partial charge in [-0.05, 0) is 50.8 Å². The Balaban J connectivity index is 2.27. The van der Waals surface area contributed by atoms with E-state index in [0.29, 0.717) is 0 Å². The van der Waals surface area contributed by atoms with E-state index in [2.05, 4.69) is 54.7 Å². The molecule has 0 saturated heterocycles. The van der Waals surface area contributed by atoms with Crippen LogP contribution in [0.5, 0.6) is 5.75 Å². The second-order valence-electron chi connectivity index (χ2n) is 5.78. The maximum absolute atomic E-state index is 5.52. The van der Waals surface area contributed by atoms with Crippen LogP contribution in [0, 0.1) is 6.92 Å². The van der Waals surface area contributed by atoms with E-state index >= 15 is 0 Å². The number of ether oxygens (including phenoxy) is 1. The standard InChI is InChI=1S/C18H21N3O/c1-13-9-10-21-15(12-20(2)3)18(19-17(21)11-13)14-7-5-6-8-16(14)22-4/h5-11H,12H2,1-4H3. The summed E-state index contributed by atoms with van der Waals surface area (Å²) in [4.78, 5) is 7.02. The molecular weight excluding hydrogens is 274 g/mol. The molecule has 0 saturated carbocycles. The molecule has 1 aromatic carbocycles. The minimum atomic E-state index is 0.817. The van der Waals surface area contributed by atoms with Crippen molar-refractivity contribution in [2.24, 2.45) is 0 Å². The minimum absolute atomic E-state index is 0.817. The van der Waals surface area contributed by atoms with E-state index in [1.165, 1.54) is 11.3 Å². The molecule has 0 amide bonds. The lowest BCUT2D eigenvalue weighted by atomic mass is 10.1. The fraction of sp³-hybridized carbons (Fsp3) is 0.278. The first-order chi connectivity index (χ1) is 10.6. The average molecular weight is 295 g/mol. The van der Waals surface area contributed by atoms with Gasteiger partial charge < -0.3 is 14.0 Å². The van der Waals surface area contributed by atoms with Crippen LogP contribution in [0.25, 0.3) is 16.9 Å². The van der Waals surface area contributed by atoms with Crippen LogP contribution in [0.3, 0.4) is 0 Å². The zero-order valence-corrected chi connectivity index (χ0v) is 13.5. The van der Waals surface area contributed by atoms with Crippen LogP contribution < -0.4 is 4.74 Å². The zero-order valence-electron chi connectivity index (χ0n) is 13.5. The van der Waals surface area contributed by atoms with Gasteiger partial charge in [-0.25, -0.2) is 4.98 Å². The summed E-state index contributed by atoms with van der Waals surface area (Å²) < 4.78 is 7.68. The molecule has 0 radical (unpaired) electrons. The van der Waals surface area contributed by atoms with Gasteiger partial charge >= 0.3 is 0 Å². The number of pyridine rings is 1. The fourth-order valence-corrected chi connectivity index (χ4v) is 2.70. The maximum atomic E-state index is 5.52. The molecular formula is C18H21N3O. The number of aryl methyl sites for hydroxylation is 1. The van der Waals surface area contributed by atoms with Crippen molar-refractivity contribution in [3.8, 4) is 17.0 Å². The highest BCUT2D eigenvalue weighted by Crippen LogP contribution is 2.32. The van der Waals surface area contributed by atoms with Crippen LogP contribution in [-0.2, 0) is 6.54 Å². The molecule has 114 valence electrons. The van der Waals surface area contributed by atoms with Crippen LogP contribution in [0.15, 0.2) is 42.6 Å². The third-order valence-corrected chi connectivity index (χ3v) is 3.71. The smallest absolute Gasteiger partial charge is 0.137 e. The second-order valence-corrected chi connectivity index (χ2v) is 5.78. The van der Waals surface area contributed by atoms with Gasteiger partial charge in [-0.2, -0.15) is 0 Å². The normalized spacial score (nSPS) is 11.3. The Kier molecular flexibility index (Phi) is 3.86. The van der Waals surface area contributed by atoms with Crippen molar-refractivity contribution < 1.29 is 4.74 Å². The fourth-order valence-electron chi connectivity index (χ4n) is 2.70. The van der Waals surface area contributed by atoms with Crippen LogP contribution in [0.2, 0.25) is 0 Å². The van der Waals surface area contributed by atoms with Crippen molar-refractivity contribution in [1.29, 1.82) is 0 Å². The van der Waals surface area contributed by atoms with E-state index in [4.69, 9.17) is 9.72 Å². The molecule has 0 spiro atoms. The van der Waals surface area contributed by atoms with E-state index in [1.807, 2.05) is 18.2 Å². The highest BCUT2D eigenvalue weighted by atomic mass is 16.5. The Labute approximate surface area is 131 Å². The Hall–Kier alpha value is -2.33. The van der Waals surface area contributed by atoms with Crippen molar-refractivity contribution in [2.75, 3.05) is 21.2 Å². The molecule has 0 fully saturated rings. The summed E-state index contributed by atoms with van der Waals surface area (Å²) >= 11 is 0. The van der Waals surface area contributed by atoms with Gasteiger partial charge in [-0.15, -0.1) is 0 Å². The number of hydrogen-bond acceptors (Lipinski definition) is 3. The molecule has 0 aliphatic carbocycles. The van der Waals surface area contributed by atoms with Gasteiger partial charge in [0.2, 0.25) is 0 Å². The van der Waals surface area contributed by atoms with E-state index < -0.39 is 0 Å². The maximum Gasteiger partial charge on any atom is 0.137 e. The molecule has 3 rings (SSSR count). The van der Waals surface area contributed by atoms with Crippen LogP contribution in [0.1, 0.15) is 11.3 Å². The first kappa shape index (κ1) is 14.6. The lowest BCUT2D eigenvalue weighted by Gasteiger charge is -2.13. The molecule has 3 aromatic rings. The van der Waals surface area contributed by atoms with E-state index in [9.17, 15) is 0 Å². The van der Waals surface area contributed by atoms with Gasteiger partial charge in [0.25, 0.3) is 0 Å². The first-order valence-corrected chi connectivity index (χ1v) is 7.36. The molecule has 0 atom stereocenters. The van der Waals surface area contributed by atoms with E-state index in [1.54, 1.807) is 7.11 Å². The topological polar surface area (TPSA) is 29.8 Å². The molecule has 0 N–H and O–H groups in total. The molecule has 0 aliphatic heterocycles. The summed E-state index contributed by atoms with van der Waals surface area (Å²) in [7, 11) is 5.84. The quantitative estimate of drug-likeness (QED) is 0.739. The Morgan fingerprint density at radius 1 is 1.18 bits per heavy atom. The predicted octanol–water partition coefficient (Wildman–Crippen LogP) is 3.38. The summed E-state index contributed by atoms with van der Waals surface area (Å²) in [6.45, 7) is 2.90. The summed E-state index contributed by atoms with van der Waals surface area (Å²) in [6, 6.07) is 12.3. The number of fused-ring (bicyclic) bond motifs is 1. The number of methoxy groups -OCH3 is 1. The molecule has 2 aromatic heterocycles. The highest BCUT2D eigenvalue weighted by molar-refractivity contribution is 5.72. The van der Waals surface area contributed by atoms with Crippen LogP contribution in [0.4, 0.5) is 0 Å². The number of aromatic nitrogens is 2. The van der Waals surface area contributed by atoms with E-state index in [-0.39, 0.29) is 0 Å². The van der Waals surface area contributed by atoms with Gasteiger partial charge in [0.15, 0.2) is 0 Å². The van der Waals surface area contributed by atoms with Crippen LogP contribution in [-0.4, -0.2) is 35.5 Å². The first-order valence-electron chi connectivity index (χ1n) is 7.36. The number of benzene rings is 1. The van der Waals surface area contributed by atoms with Crippen molar-refractivity contribution in [3.05, 3.63) is 53.9 Å². The van der Waals surface area contributed by atoms with Crippen LogP contribution >= 0.6 is 0 Å². The zero-order chi connectivity index (χ0) is 15.7. The number of para-hydroxylation sites is 1. The average Bonchev–Trinajstić information content (AvgIpc) is 2.84. The monoisotopic (exact) mass is 295 g/mol. The Morgan fingerprint density at radius 2 is 1.95 bits per heavy atom. The molecule has 22 heavy (non-hydrogen) atoms. The summed E-state index contributed by atoms with van der Waals surface area (Å²) in [6.07, 6.45) is 2.09. The lowest BCUT2D eigenvalue weighted by Crippen LogP contribution is -2.13. The summed E-state index contributed by atoms with van der Waals surface area (Å²) in [5.74, 6) is 0.850. The van der Waals surface area contributed by atoms with E-state index in [0.717, 1.165) is 29.2 Å². The Bertz CT molecular complexity index is 805. The summed E-state index contributed by atoms with van der Waals surface area (Å²) in [5, 5.41) is 0. The third-order valence-electron chi connectivity index (χ3n) is 3.71. The molecule has 0 aliphatic rings. The summed E-state index contributed by atoms with van der Waals surface area (Å²) in [5.41, 5.74) is 5.36. The third kappa shape index (κ3) is 2.57. The van der Waals surface area contributed by atoms with Gasteiger partial charge in [-0.1, -0.05) is 12.1 Å². The van der Waals surface area contributed by atoms with Crippen molar-refractivity contribution in [1.82, 2.24) is 14.3 Å². The van der Waals surface area contributed by atoms with Gasteiger partial charge in [0, 0.05) is 18.3 Å². The number of nitrogens with zero attached hydrogens (tertiary/aromatic N) is 3. The lowest BCUT2D eigenvalue weighted by molar-refractivity contribution is 0.395. The Morgan fingerprint density at radius 3 is 2.68 bits per heavy atom. The number of hydrogen-bond donors (Lipinski definition) is 0. The van der Waals surface area contributed by atoms with Gasteiger partial charge in [0.05, 0.1) is 18.5 Å². The van der Waals surface area contributed by atoms with Crippen molar-refractivity contribution in [2.45, 2.75) is 13.5 Å².